The van der Waals surface area contributed by atoms with E-state index in [2.05, 4.69) is 26.6 Å². The van der Waals surface area contributed by atoms with Crippen molar-refractivity contribution in [1.82, 2.24) is 5.32 Å². The molecule has 0 bridgehead atoms. The average molecular weight is 368 g/mol. The van der Waals surface area contributed by atoms with Crippen molar-refractivity contribution in [2.75, 3.05) is 25.0 Å². The van der Waals surface area contributed by atoms with Gasteiger partial charge in [-0.3, -0.25) is 4.79 Å². The van der Waals surface area contributed by atoms with Gasteiger partial charge in [0.05, 0.1) is 34.9 Å². The molecule has 1 amide bonds. The smallest absolute Gasteiger partial charge is 0.227 e. The molecule has 1 unspecified atom stereocenters. The molecule has 1 aromatic rings. The van der Waals surface area contributed by atoms with Crippen molar-refractivity contribution >= 4 is 50.7 Å². The van der Waals surface area contributed by atoms with Crippen molar-refractivity contribution in [2.45, 2.75) is 12.5 Å². The zero-order chi connectivity index (χ0) is 13.8. The van der Waals surface area contributed by atoms with Crippen LogP contribution in [0.2, 0.25) is 10.0 Å². The van der Waals surface area contributed by atoms with Crippen LogP contribution in [0.1, 0.15) is 6.42 Å². The number of nitrogens with one attached hydrogen (secondary N) is 2. The molecule has 19 heavy (non-hydrogen) atoms. The Morgan fingerprint density at radius 3 is 2.74 bits per heavy atom. The first-order chi connectivity index (χ1) is 9.06. The molecule has 0 saturated carbocycles. The summed E-state index contributed by atoms with van der Waals surface area (Å²) in [7, 11) is 0. The van der Waals surface area contributed by atoms with Crippen LogP contribution in [0.4, 0.5) is 5.69 Å². The van der Waals surface area contributed by atoms with Crippen LogP contribution in [0, 0.1) is 0 Å². The minimum atomic E-state index is -0.167. The summed E-state index contributed by atoms with van der Waals surface area (Å²) < 4.78 is 6.23. The van der Waals surface area contributed by atoms with Crippen molar-refractivity contribution in [3.63, 3.8) is 0 Å². The Balaban J connectivity index is 1.98. The van der Waals surface area contributed by atoms with Gasteiger partial charge in [0.2, 0.25) is 5.91 Å². The third-order valence-corrected chi connectivity index (χ3v) is 3.74. The number of carbonyl (C=O) groups excluding carboxylic acids is 1. The fourth-order valence-electron chi connectivity index (χ4n) is 1.81. The molecule has 1 aliphatic rings. The van der Waals surface area contributed by atoms with Crippen LogP contribution in [-0.2, 0) is 9.53 Å². The maximum absolute atomic E-state index is 11.9. The molecule has 7 heteroatoms. The topological polar surface area (TPSA) is 50.4 Å². The first-order valence-corrected chi connectivity index (χ1v) is 7.38. The number of benzene rings is 1. The maximum Gasteiger partial charge on any atom is 0.227 e. The van der Waals surface area contributed by atoms with E-state index in [1.807, 2.05) is 0 Å². The minimum Gasteiger partial charge on any atom is -0.375 e. The normalized spacial score (nSPS) is 19.2. The molecule has 1 aromatic carbocycles. The minimum absolute atomic E-state index is 0.109. The van der Waals surface area contributed by atoms with Gasteiger partial charge in [0.15, 0.2) is 0 Å². The molecule has 2 rings (SSSR count). The van der Waals surface area contributed by atoms with Gasteiger partial charge in [0.1, 0.15) is 0 Å². The monoisotopic (exact) mass is 366 g/mol. The summed E-state index contributed by atoms with van der Waals surface area (Å²) in [4.78, 5) is 11.9. The molecular formula is C12H13BrCl2N2O2. The van der Waals surface area contributed by atoms with E-state index < -0.39 is 0 Å². The first kappa shape index (κ1) is 15.1. The standard InChI is InChI=1S/C12H13BrCl2N2O2/c13-7-3-9(14)12(10(15)4-7)17-11(18)5-8-6-16-1-2-19-8/h3-4,8,16H,1-2,5-6H2,(H,17,18). The van der Waals surface area contributed by atoms with E-state index in [9.17, 15) is 4.79 Å². The fraction of sp³-hybridized carbons (Fsp3) is 0.417. The predicted molar refractivity (Wildman–Crippen MR) is 80.0 cm³/mol. The number of anilines is 1. The highest BCUT2D eigenvalue weighted by atomic mass is 79.9. The molecule has 0 radical (unpaired) electrons. The van der Waals surface area contributed by atoms with Crippen molar-refractivity contribution < 1.29 is 9.53 Å². The van der Waals surface area contributed by atoms with E-state index in [4.69, 9.17) is 27.9 Å². The highest BCUT2D eigenvalue weighted by Gasteiger charge is 2.19. The summed E-state index contributed by atoms with van der Waals surface area (Å²) in [6.45, 7) is 2.12. The van der Waals surface area contributed by atoms with Gasteiger partial charge in [-0.15, -0.1) is 0 Å². The number of ether oxygens (including phenoxy) is 1. The van der Waals surface area contributed by atoms with E-state index >= 15 is 0 Å². The van der Waals surface area contributed by atoms with E-state index in [0.717, 1.165) is 11.0 Å². The summed E-state index contributed by atoms with van der Waals surface area (Å²) >= 11 is 15.4. The third-order valence-electron chi connectivity index (χ3n) is 2.69. The molecule has 104 valence electrons. The molecule has 4 nitrogen and oxygen atoms in total. The number of hydrogen-bond donors (Lipinski definition) is 2. The number of carbonyl (C=O) groups is 1. The predicted octanol–water partition coefficient (Wildman–Crippen LogP) is 3.07. The number of rotatable bonds is 3. The second-order valence-electron chi connectivity index (χ2n) is 4.19. The highest BCUT2D eigenvalue weighted by Crippen LogP contribution is 2.33. The molecule has 1 aliphatic heterocycles. The van der Waals surface area contributed by atoms with Crippen molar-refractivity contribution in [1.29, 1.82) is 0 Å². The first-order valence-electron chi connectivity index (χ1n) is 5.83. The summed E-state index contributed by atoms with van der Waals surface area (Å²) in [6, 6.07) is 3.36. The maximum atomic E-state index is 11.9. The van der Waals surface area contributed by atoms with Crippen LogP contribution in [0.15, 0.2) is 16.6 Å². The molecular weight excluding hydrogens is 355 g/mol. The number of morpholine rings is 1. The van der Waals surface area contributed by atoms with Gasteiger partial charge in [0, 0.05) is 17.6 Å². The SMILES string of the molecule is O=C(CC1CNCCO1)Nc1c(Cl)cc(Br)cc1Cl. The Kier molecular flexibility index (Phi) is 5.47. The van der Waals surface area contributed by atoms with Crippen LogP contribution in [0.25, 0.3) is 0 Å². The van der Waals surface area contributed by atoms with Crippen LogP contribution in [0.5, 0.6) is 0 Å². The van der Waals surface area contributed by atoms with Gasteiger partial charge < -0.3 is 15.4 Å². The Labute approximate surface area is 129 Å². The fourth-order valence-corrected chi connectivity index (χ4v) is 3.11. The van der Waals surface area contributed by atoms with Crippen molar-refractivity contribution in [3.8, 4) is 0 Å². The Hall–Kier alpha value is -0.330. The van der Waals surface area contributed by atoms with Crippen LogP contribution in [0.3, 0.4) is 0 Å². The van der Waals surface area contributed by atoms with Crippen LogP contribution in [-0.4, -0.2) is 31.7 Å². The van der Waals surface area contributed by atoms with E-state index in [1.54, 1.807) is 12.1 Å². The molecule has 1 fully saturated rings. The number of halogens is 3. The molecule has 1 saturated heterocycles. The molecule has 0 spiro atoms. The molecule has 1 atom stereocenters. The molecule has 1 heterocycles. The van der Waals surface area contributed by atoms with Gasteiger partial charge in [-0.05, 0) is 12.1 Å². The van der Waals surface area contributed by atoms with Crippen molar-refractivity contribution in [3.05, 3.63) is 26.7 Å². The van der Waals surface area contributed by atoms with E-state index in [-0.39, 0.29) is 18.4 Å². The van der Waals surface area contributed by atoms with Gasteiger partial charge in [-0.2, -0.15) is 0 Å². The quantitative estimate of drug-likeness (QED) is 0.863. The zero-order valence-electron chi connectivity index (χ0n) is 10.0. The van der Waals surface area contributed by atoms with Gasteiger partial charge in [-0.1, -0.05) is 39.1 Å². The largest absolute Gasteiger partial charge is 0.375 e. The zero-order valence-corrected chi connectivity index (χ0v) is 13.1. The van der Waals surface area contributed by atoms with Gasteiger partial charge >= 0.3 is 0 Å². The lowest BCUT2D eigenvalue weighted by Crippen LogP contribution is -2.40. The number of hydrogen-bond acceptors (Lipinski definition) is 3. The third kappa shape index (κ3) is 4.33. The molecule has 0 aliphatic carbocycles. The van der Waals surface area contributed by atoms with E-state index in [0.29, 0.717) is 28.9 Å². The second-order valence-corrected chi connectivity index (χ2v) is 5.92. The summed E-state index contributed by atoms with van der Waals surface area (Å²) in [6.07, 6.45) is 0.164. The van der Waals surface area contributed by atoms with Crippen molar-refractivity contribution in [2.24, 2.45) is 0 Å². The lowest BCUT2D eigenvalue weighted by molar-refractivity contribution is -0.119. The molecule has 0 aromatic heterocycles. The van der Waals surface area contributed by atoms with Crippen LogP contribution >= 0.6 is 39.1 Å². The second kappa shape index (κ2) is 6.90. The van der Waals surface area contributed by atoms with Gasteiger partial charge in [0.25, 0.3) is 0 Å². The summed E-state index contributed by atoms with van der Waals surface area (Å²) in [5.41, 5.74) is 0.431. The van der Waals surface area contributed by atoms with Gasteiger partial charge in [-0.25, -0.2) is 0 Å². The Morgan fingerprint density at radius 2 is 2.16 bits per heavy atom. The lowest BCUT2D eigenvalue weighted by Gasteiger charge is -2.23. The average Bonchev–Trinajstić information content (AvgIpc) is 2.35. The van der Waals surface area contributed by atoms with E-state index in [1.165, 1.54) is 0 Å². The lowest BCUT2D eigenvalue weighted by atomic mass is 10.2. The summed E-state index contributed by atoms with van der Waals surface area (Å²) in [5.74, 6) is -0.167. The molecule has 2 N–H and O–H groups in total. The summed E-state index contributed by atoms with van der Waals surface area (Å²) in [5, 5.41) is 6.69. The Morgan fingerprint density at radius 1 is 1.47 bits per heavy atom. The van der Waals surface area contributed by atoms with Crippen LogP contribution < -0.4 is 10.6 Å². The highest BCUT2D eigenvalue weighted by molar-refractivity contribution is 9.10. The Bertz CT molecular complexity index is 456. The number of amides is 1.